The van der Waals surface area contributed by atoms with Gasteiger partial charge in [0, 0.05) is 33.4 Å². The predicted octanol–water partition coefficient (Wildman–Crippen LogP) is 2.98. The number of ether oxygens (including phenoxy) is 1. The molecule has 0 aliphatic carbocycles. The van der Waals surface area contributed by atoms with Crippen LogP contribution in [0.15, 0.2) is 35.3 Å². The van der Waals surface area contributed by atoms with E-state index in [2.05, 4.69) is 22.5 Å². The van der Waals surface area contributed by atoms with E-state index in [0.717, 1.165) is 44.6 Å². The molecule has 1 rings (SSSR count). The van der Waals surface area contributed by atoms with E-state index < -0.39 is 9.84 Å². The molecule has 0 aliphatic heterocycles. The highest BCUT2D eigenvalue weighted by Crippen LogP contribution is 2.06. The Morgan fingerprint density at radius 1 is 1.04 bits per heavy atom. The molecule has 1 aromatic carbocycles. The molecule has 0 saturated heterocycles. The summed E-state index contributed by atoms with van der Waals surface area (Å²) in [4.78, 5) is 4.14. The van der Waals surface area contributed by atoms with Gasteiger partial charge in [-0.1, -0.05) is 43.7 Å². The van der Waals surface area contributed by atoms with E-state index >= 15 is 0 Å². The molecule has 0 bridgehead atoms. The quantitative estimate of drug-likeness (QED) is 0.184. The smallest absolute Gasteiger partial charge is 0.190 e. The normalized spacial score (nSPS) is 11.7. The SMILES string of the molecule is CCCCOCCCNC(=NC)NCCCS(=O)(=O)Cc1ccccc1.I. The average Bonchev–Trinajstić information content (AvgIpc) is 2.63. The van der Waals surface area contributed by atoms with Crippen LogP contribution in [0.1, 0.15) is 38.2 Å². The highest BCUT2D eigenvalue weighted by atomic mass is 127. The van der Waals surface area contributed by atoms with Crippen molar-refractivity contribution in [3.8, 4) is 0 Å². The van der Waals surface area contributed by atoms with Crippen LogP contribution in [-0.2, 0) is 20.3 Å². The van der Waals surface area contributed by atoms with Crippen LogP contribution in [0.3, 0.4) is 0 Å². The first-order chi connectivity index (χ1) is 12.6. The zero-order valence-corrected chi connectivity index (χ0v) is 19.6. The van der Waals surface area contributed by atoms with Gasteiger partial charge >= 0.3 is 0 Å². The van der Waals surface area contributed by atoms with Crippen molar-refractivity contribution in [2.24, 2.45) is 4.99 Å². The molecule has 0 aromatic heterocycles. The fraction of sp³-hybridized carbons (Fsp3) is 0.632. The lowest BCUT2D eigenvalue weighted by Gasteiger charge is -2.12. The number of halogens is 1. The molecule has 0 radical (unpaired) electrons. The molecular weight excluding hydrogens is 477 g/mol. The molecule has 0 saturated carbocycles. The highest BCUT2D eigenvalue weighted by molar-refractivity contribution is 14.0. The van der Waals surface area contributed by atoms with E-state index in [0.29, 0.717) is 18.9 Å². The first-order valence-electron chi connectivity index (χ1n) is 9.34. The molecule has 8 heteroatoms. The van der Waals surface area contributed by atoms with Crippen LogP contribution in [0.4, 0.5) is 0 Å². The Balaban J connectivity index is 0.00000676. The Morgan fingerprint density at radius 3 is 2.30 bits per heavy atom. The number of nitrogens with one attached hydrogen (secondary N) is 2. The topological polar surface area (TPSA) is 79.8 Å². The van der Waals surface area contributed by atoms with Crippen LogP contribution in [0, 0.1) is 0 Å². The molecule has 0 amide bonds. The second-order valence-electron chi connectivity index (χ2n) is 6.18. The van der Waals surface area contributed by atoms with Crippen LogP contribution >= 0.6 is 24.0 Å². The number of sulfone groups is 1. The second-order valence-corrected chi connectivity index (χ2v) is 8.36. The van der Waals surface area contributed by atoms with Crippen molar-refractivity contribution >= 4 is 39.8 Å². The van der Waals surface area contributed by atoms with Crippen molar-refractivity contribution in [1.82, 2.24) is 10.6 Å². The summed E-state index contributed by atoms with van der Waals surface area (Å²) in [6, 6.07) is 9.28. The van der Waals surface area contributed by atoms with E-state index in [1.807, 2.05) is 30.3 Å². The third-order valence-electron chi connectivity index (χ3n) is 3.78. The van der Waals surface area contributed by atoms with Gasteiger partial charge in [0.2, 0.25) is 0 Å². The van der Waals surface area contributed by atoms with Gasteiger partial charge in [-0.15, -0.1) is 24.0 Å². The lowest BCUT2D eigenvalue weighted by Crippen LogP contribution is -2.38. The Hall–Kier alpha value is -0.870. The molecule has 0 aliphatic rings. The molecule has 27 heavy (non-hydrogen) atoms. The van der Waals surface area contributed by atoms with Crippen molar-refractivity contribution < 1.29 is 13.2 Å². The van der Waals surface area contributed by atoms with E-state index in [1.165, 1.54) is 0 Å². The molecule has 6 nitrogen and oxygen atoms in total. The van der Waals surface area contributed by atoms with Crippen LogP contribution in [0.5, 0.6) is 0 Å². The maximum atomic E-state index is 12.1. The van der Waals surface area contributed by atoms with Gasteiger partial charge in [-0.3, -0.25) is 4.99 Å². The Morgan fingerprint density at radius 2 is 1.67 bits per heavy atom. The Labute approximate surface area is 181 Å². The zero-order valence-electron chi connectivity index (χ0n) is 16.4. The van der Waals surface area contributed by atoms with E-state index in [4.69, 9.17) is 4.74 Å². The number of aliphatic imine (C=N–C) groups is 1. The Kier molecular flexibility index (Phi) is 15.6. The lowest BCUT2D eigenvalue weighted by molar-refractivity contribution is 0.129. The lowest BCUT2D eigenvalue weighted by atomic mass is 10.2. The molecule has 0 unspecified atom stereocenters. The Bertz CT molecular complexity index is 610. The van der Waals surface area contributed by atoms with Crippen LogP contribution < -0.4 is 10.6 Å². The standard InChI is InChI=1S/C19H33N3O3S.HI/c1-3-4-14-25-15-8-12-21-19(20-2)22-13-9-16-26(23,24)17-18-10-6-5-7-11-18;/h5-7,10-11H,3-4,8-9,12-17H2,1-2H3,(H2,20,21,22);1H. The summed E-state index contributed by atoms with van der Waals surface area (Å²) in [5.41, 5.74) is 0.832. The van der Waals surface area contributed by atoms with Gasteiger partial charge in [-0.05, 0) is 24.8 Å². The number of hydrogen-bond donors (Lipinski definition) is 2. The monoisotopic (exact) mass is 511 g/mol. The van der Waals surface area contributed by atoms with Crippen LogP contribution in [0.2, 0.25) is 0 Å². The highest BCUT2D eigenvalue weighted by Gasteiger charge is 2.11. The summed E-state index contributed by atoms with van der Waals surface area (Å²) in [6.07, 6.45) is 3.71. The number of benzene rings is 1. The third-order valence-corrected chi connectivity index (χ3v) is 5.46. The molecule has 0 spiro atoms. The number of guanidine groups is 1. The maximum Gasteiger partial charge on any atom is 0.190 e. The van der Waals surface area contributed by atoms with Crippen LogP contribution in [-0.4, -0.2) is 53.5 Å². The fourth-order valence-corrected chi connectivity index (χ4v) is 3.78. The fourth-order valence-electron chi connectivity index (χ4n) is 2.35. The van der Waals surface area contributed by atoms with Gasteiger partial charge in [0.25, 0.3) is 0 Å². The zero-order chi connectivity index (χ0) is 19.1. The van der Waals surface area contributed by atoms with Crippen molar-refractivity contribution in [2.75, 3.05) is 39.1 Å². The van der Waals surface area contributed by atoms with Crippen LogP contribution in [0.25, 0.3) is 0 Å². The van der Waals surface area contributed by atoms with Gasteiger partial charge in [0.15, 0.2) is 15.8 Å². The summed E-state index contributed by atoms with van der Waals surface area (Å²) in [6.45, 7) is 5.05. The molecule has 0 atom stereocenters. The summed E-state index contributed by atoms with van der Waals surface area (Å²) < 4.78 is 29.8. The first kappa shape index (κ1) is 26.1. The molecular formula is C19H34IN3O3S. The van der Waals surface area contributed by atoms with Crippen molar-refractivity contribution in [2.45, 2.75) is 38.4 Å². The minimum atomic E-state index is -3.09. The molecule has 0 heterocycles. The predicted molar refractivity (Wildman–Crippen MR) is 124 cm³/mol. The molecule has 1 aromatic rings. The van der Waals surface area contributed by atoms with Crippen molar-refractivity contribution in [3.05, 3.63) is 35.9 Å². The van der Waals surface area contributed by atoms with Crippen molar-refractivity contribution in [3.63, 3.8) is 0 Å². The van der Waals surface area contributed by atoms with Gasteiger partial charge in [0.05, 0.1) is 11.5 Å². The third kappa shape index (κ3) is 13.9. The summed E-state index contributed by atoms with van der Waals surface area (Å²) in [5, 5.41) is 6.36. The largest absolute Gasteiger partial charge is 0.381 e. The van der Waals surface area contributed by atoms with Crippen molar-refractivity contribution in [1.29, 1.82) is 0 Å². The summed E-state index contributed by atoms with van der Waals surface area (Å²) in [5.74, 6) is 0.953. The first-order valence-corrected chi connectivity index (χ1v) is 11.2. The van der Waals surface area contributed by atoms with Gasteiger partial charge in [0.1, 0.15) is 0 Å². The number of nitrogens with zero attached hydrogens (tertiary/aromatic N) is 1. The summed E-state index contributed by atoms with van der Waals surface area (Å²) in [7, 11) is -1.38. The molecule has 2 N–H and O–H groups in total. The number of rotatable bonds is 13. The second kappa shape index (κ2) is 16.1. The minimum Gasteiger partial charge on any atom is -0.381 e. The minimum absolute atomic E-state index is 0. The molecule has 0 fully saturated rings. The van der Waals surface area contributed by atoms with Gasteiger partial charge < -0.3 is 15.4 Å². The van der Waals surface area contributed by atoms with Gasteiger partial charge in [-0.2, -0.15) is 0 Å². The van der Waals surface area contributed by atoms with E-state index in [-0.39, 0.29) is 35.5 Å². The summed E-state index contributed by atoms with van der Waals surface area (Å²) >= 11 is 0. The van der Waals surface area contributed by atoms with E-state index in [1.54, 1.807) is 7.05 Å². The number of hydrogen-bond acceptors (Lipinski definition) is 4. The average molecular weight is 511 g/mol. The number of unbranched alkanes of at least 4 members (excludes halogenated alkanes) is 1. The molecule has 156 valence electrons. The van der Waals surface area contributed by atoms with E-state index in [9.17, 15) is 8.42 Å². The maximum absolute atomic E-state index is 12.1. The van der Waals surface area contributed by atoms with Gasteiger partial charge in [-0.25, -0.2) is 8.42 Å².